The summed E-state index contributed by atoms with van der Waals surface area (Å²) in [6.45, 7) is 3.56. The van der Waals surface area contributed by atoms with E-state index in [4.69, 9.17) is 4.74 Å². The van der Waals surface area contributed by atoms with Gasteiger partial charge in [0.2, 0.25) is 0 Å². The average molecular weight is 408 g/mol. The molecule has 1 unspecified atom stereocenters. The number of Topliss-reactive ketones (excluding diaryl/α,β-unsaturated/α-hetero) is 1. The van der Waals surface area contributed by atoms with Crippen molar-refractivity contribution in [1.82, 2.24) is 9.80 Å². The van der Waals surface area contributed by atoms with E-state index < -0.39 is 17.7 Å². The summed E-state index contributed by atoms with van der Waals surface area (Å²) in [5, 5.41) is 11.1. The Morgan fingerprint density at radius 1 is 1.10 bits per heavy atom. The molecule has 2 aromatic rings. The molecule has 1 heterocycles. The second-order valence-electron chi connectivity index (χ2n) is 7.58. The van der Waals surface area contributed by atoms with Crippen LogP contribution in [0.3, 0.4) is 0 Å². The molecule has 1 N–H and O–H groups in total. The van der Waals surface area contributed by atoms with E-state index in [1.807, 2.05) is 56.3 Å². The lowest BCUT2D eigenvalue weighted by Crippen LogP contribution is -2.35. The highest BCUT2D eigenvalue weighted by atomic mass is 16.5. The van der Waals surface area contributed by atoms with Crippen molar-refractivity contribution in [3.8, 4) is 5.75 Å². The number of ether oxygens (including phenoxy) is 1. The maximum atomic E-state index is 13.0. The minimum Gasteiger partial charge on any atom is -0.507 e. The van der Waals surface area contributed by atoms with Crippen molar-refractivity contribution in [1.29, 1.82) is 0 Å². The van der Waals surface area contributed by atoms with Crippen LogP contribution in [0.25, 0.3) is 5.76 Å². The fourth-order valence-electron chi connectivity index (χ4n) is 3.51. The highest BCUT2D eigenvalue weighted by Crippen LogP contribution is 2.39. The van der Waals surface area contributed by atoms with Gasteiger partial charge in [0, 0.05) is 18.7 Å². The largest absolute Gasteiger partial charge is 0.507 e. The third-order valence-electron chi connectivity index (χ3n) is 5.02. The molecule has 0 aromatic heterocycles. The van der Waals surface area contributed by atoms with Crippen LogP contribution in [0.5, 0.6) is 5.75 Å². The zero-order valence-corrected chi connectivity index (χ0v) is 17.7. The zero-order valence-electron chi connectivity index (χ0n) is 17.7. The second kappa shape index (κ2) is 9.59. The van der Waals surface area contributed by atoms with E-state index in [-0.39, 0.29) is 11.3 Å². The molecule has 6 nitrogen and oxygen atoms in total. The first-order valence-corrected chi connectivity index (χ1v) is 10.1. The molecule has 1 amide bonds. The van der Waals surface area contributed by atoms with E-state index in [0.29, 0.717) is 31.0 Å². The van der Waals surface area contributed by atoms with Gasteiger partial charge >= 0.3 is 0 Å². The lowest BCUT2D eigenvalue weighted by Gasteiger charge is -2.26. The molecule has 1 atom stereocenters. The number of benzene rings is 2. The summed E-state index contributed by atoms with van der Waals surface area (Å²) >= 11 is 0. The van der Waals surface area contributed by atoms with E-state index in [0.717, 1.165) is 12.0 Å². The minimum absolute atomic E-state index is 0.109. The Morgan fingerprint density at radius 2 is 1.83 bits per heavy atom. The van der Waals surface area contributed by atoms with Crippen molar-refractivity contribution >= 4 is 17.4 Å². The first-order valence-electron chi connectivity index (χ1n) is 10.1. The van der Waals surface area contributed by atoms with Crippen LogP contribution in [0.1, 0.15) is 30.5 Å². The van der Waals surface area contributed by atoms with E-state index in [1.165, 1.54) is 0 Å². The van der Waals surface area contributed by atoms with Crippen LogP contribution in [-0.2, 0) is 9.59 Å². The molecule has 158 valence electrons. The summed E-state index contributed by atoms with van der Waals surface area (Å²) < 4.78 is 5.65. The molecule has 2 aromatic carbocycles. The normalized spacial score (nSPS) is 18.3. The number of nitrogens with zero attached hydrogens (tertiary/aromatic N) is 2. The number of hydrogen-bond acceptors (Lipinski definition) is 5. The molecule has 0 saturated carbocycles. The molecule has 3 rings (SSSR count). The van der Waals surface area contributed by atoms with Crippen LogP contribution in [0.15, 0.2) is 60.2 Å². The predicted molar refractivity (Wildman–Crippen MR) is 116 cm³/mol. The monoisotopic (exact) mass is 408 g/mol. The van der Waals surface area contributed by atoms with Crippen LogP contribution in [0, 0.1) is 0 Å². The number of rotatable bonds is 8. The van der Waals surface area contributed by atoms with Gasteiger partial charge in [-0.2, -0.15) is 0 Å². The Hall–Kier alpha value is -3.12. The highest BCUT2D eigenvalue weighted by molar-refractivity contribution is 6.46. The number of ketones is 1. The van der Waals surface area contributed by atoms with Gasteiger partial charge in [-0.05, 0) is 38.2 Å². The molecular weight excluding hydrogens is 380 g/mol. The molecule has 1 aliphatic heterocycles. The smallest absolute Gasteiger partial charge is 0.295 e. The summed E-state index contributed by atoms with van der Waals surface area (Å²) in [7, 11) is 3.83. The maximum Gasteiger partial charge on any atom is 0.295 e. The van der Waals surface area contributed by atoms with Gasteiger partial charge in [-0.3, -0.25) is 9.59 Å². The van der Waals surface area contributed by atoms with Crippen LogP contribution in [-0.4, -0.2) is 60.4 Å². The van der Waals surface area contributed by atoms with E-state index in [9.17, 15) is 14.7 Å². The molecule has 0 spiro atoms. The molecule has 0 bridgehead atoms. The minimum atomic E-state index is -0.667. The predicted octanol–water partition coefficient (Wildman–Crippen LogP) is 3.46. The Kier molecular flexibility index (Phi) is 6.90. The SMILES string of the molecule is CCCOc1cccc(/C(O)=C2/C(=O)C(=O)N(CCN(C)C)C2c2ccccc2)c1. The topological polar surface area (TPSA) is 70.1 Å². The number of likely N-dealkylation sites (tertiary alicyclic amines) is 1. The van der Waals surface area contributed by atoms with Crippen LogP contribution >= 0.6 is 0 Å². The van der Waals surface area contributed by atoms with Crippen molar-refractivity contribution in [2.75, 3.05) is 33.8 Å². The number of hydrogen-bond donors (Lipinski definition) is 1. The summed E-state index contributed by atoms with van der Waals surface area (Å²) in [6, 6.07) is 15.7. The molecular formula is C24H28N2O4. The van der Waals surface area contributed by atoms with Gasteiger partial charge in [-0.1, -0.05) is 49.4 Å². The zero-order chi connectivity index (χ0) is 21.7. The van der Waals surface area contributed by atoms with Gasteiger partial charge in [0.15, 0.2) is 0 Å². The van der Waals surface area contributed by atoms with Crippen molar-refractivity contribution < 1.29 is 19.4 Å². The Morgan fingerprint density at radius 3 is 2.50 bits per heavy atom. The fraction of sp³-hybridized carbons (Fsp3) is 0.333. The van der Waals surface area contributed by atoms with Crippen LogP contribution < -0.4 is 4.74 Å². The summed E-state index contributed by atoms with van der Waals surface area (Å²) in [6.07, 6.45) is 0.862. The third-order valence-corrected chi connectivity index (χ3v) is 5.02. The van der Waals surface area contributed by atoms with Crippen molar-refractivity contribution in [2.45, 2.75) is 19.4 Å². The van der Waals surface area contributed by atoms with Gasteiger partial charge in [-0.25, -0.2) is 0 Å². The number of carbonyl (C=O) groups excluding carboxylic acids is 2. The molecule has 30 heavy (non-hydrogen) atoms. The Labute approximate surface area is 177 Å². The molecule has 1 aliphatic rings. The molecule has 0 aliphatic carbocycles. The van der Waals surface area contributed by atoms with Crippen molar-refractivity contribution in [3.05, 3.63) is 71.3 Å². The van der Waals surface area contributed by atoms with Crippen molar-refractivity contribution in [2.24, 2.45) is 0 Å². The van der Waals surface area contributed by atoms with E-state index in [1.54, 1.807) is 29.2 Å². The van der Waals surface area contributed by atoms with Crippen LogP contribution in [0.4, 0.5) is 0 Å². The standard InChI is InChI=1S/C24H28N2O4/c1-4-15-30-19-12-8-11-18(16-19)22(27)20-21(17-9-6-5-7-10-17)26(14-13-25(2)3)24(29)23(20)28/h5-12,16,21,27H,4,13-15H2,1-3H3/b22-20-. The number of amides is 1. The lowest BCUT2D eigenvalue weighted by atomic mass is 9.95. The first-order chi connectivity index (χ1) is 14.4. The summed E-state index contributed by atoms with van der Waals surface area (Å²) in [4.78, 5) is 29.3. The highest BCUT2D eigenvalue weighted by Gasteiger charge is 2.45. The first kappa shape index (κ1) is 21.6. The van der Waals surface area contributed by atoms with Gasteiger partial charge in [0.1, 0.15) is 11.5 Å². The molecule has 6 heteroatoms. The maximum absolute atomic E-state index is 13.0. The van der Waals surface area contributed by atoms with Gasteiger partial charge in [0.25, 0.3) is 11.7 Å². The Bertz CT molecular complexity index is 937. The van der Waals surface area contributed by atoms with Gasteiger partial charge in [-0.15, -0.1) is 0 Å². The average Bonchev–Trinajstić information content (AvgIpc) is 3.01. The molecule has 1 saturated heterocycles. The number of aliphatic hydroxyl groups is 1. The summed E-state index contributed by atoms with van der Waals surface area (Å²) in [5.74, 6) is -0.832. The molecule has 0 radical (unpaired) electrons. The fourth-order valence-corrected chi connectivity index (χ4v) is 3.51. The van der Waals surface area contributed by atoms with Gasteiger partial charge < -0.3 is 19.6 Å². The van der Waals surface area contributed by atoms with Crippen molar-refractivity contribution in [3.63, 3.8) is 0 Å². The lowest BCUT2D eigenvalue weighted by molar-refractivity contribution is -0.140. The molecule has 1 fully saturated rings. The van der Waals surface area contributed by atoms with Crippen LogP contribution in [0.2, 0.25) is 0 Å². The number of carbonyl (C=O) groups is 2. The second-order valence-corrected chi connectivity index (χ2v) is 7.58. The van der Waals surface area contributed by atoms with E-state index in [2.05, 4.69) is 0 Å². The Balaban J connectivity index is 2.07. The number of aliphatic hydroxyl groups excluding tert-OH is 1. The third kappa shape index (κ3) is 4.54. The van der Waals surface area contributed by atoms with E-state index >= 15 is 0 Å². The summed E-state index contributed by atoms with van der Waals surface area (Å²) in [5.41, 5.74) is 1.35. The van der Waals surface area contributed by atoms with Gasteiger partial charge in [0.05, 0.1) is 18.2 Å². The quantitative estimate of drug-likeness (QED) is 0.412. The number of likely N-dealkylation sites (N-methyl/N-ethyl adjacent to an activating group) is 1.